The molecule has 5 nitrogen and oxygen atoms in total. The molecule has 8 heteroatoms. The molecule has 0 fully saturated rings. The van der Waals surface area contributed by atoms with E-state index in [9.17, 15) is 18.4 Å². The first-order valence-electron chi connectivity index (χ1n) is 6.00. The van der Waals surface area contributed by atoms with Crippen LogP contribution in [0.4, 0.5) is 14.5 Å². The fraction of sp³-hybridized carbons (Fsp3) is 0.385. The molecule has 1 atom stereocenters. The van der Waals surface area contributed by atoms with E-state index in [1.807, 2.05) is 0 Å². The van der Waals surface area contributed by atoms with Gasteiger partial charge in [0.25, 0.3) is 0 Å². The van der Waals surface area contributed by atoms with Crippen LogP contribution in [0.15, 0.2) is 18.2 Å². The highest BCUT2D eigenvalue weighted by molar-refractivity contribution is 8.01. The van der Waals surface area contributed by atoms with Crippen LogP contribution in [-0.4, -0.2) is 33.5 Å². The highest BCUT2D eigenvalue weighted by Gasteiger charge is 2.33. The molecule has 0 aliphatic heterocycles. The zero-order valence-corrected chi connectivity index (χ0v) is 12.3. The van der Waals surface area contributed by atoms with E-state index < -0.39 is 34.3 Å². The van der Waals surface area contributed by atoms with E-state index in [4.69, 9.17) is 10.8 Å². The Morgan fingerprint density at radius 2 is 1.86 bits per heavy atom. The zero-order chi connectivity index (χ0) is 16.2. The topological polar surface area (TPSA) is 92.4 Å². The lowest BCUT2D eigenvalue weighted by Crippen LogP contribution is -2.47. The average Bonchev–Trinajstić information content (AvgIpc) is 2.34. The first kappa shape index (κ1) is 17.4. The highest BCUT2D eigenvalue weighted by Crippen LogP contribution is 2.27. The van der Waals surface area contributed by atoms with Gasteiger partial charge in [-0.2, -0.15) is 0 Å². The van der Waals surface area contributed by atoms with Crippen molar-refractivity contribution in [3.8, 4) is 0 Å². The van der Waals surface area contributed by atoms with Gasteiger partial charge in [0.1, 0.15) is 17.7 Å². The monoisotopic (exact) mass is 318 g/mol. The van der Waals surface area contributed by atoms with Crippen molar-refractivity contribution < 1.29 is 23.5 Å². The summed E-state index contributed by atoms with van der Waals surface area (Å²) in [5.41, 5.74) is 5.52. The molecule has 116 valence electrons. The lowest BCUT2D eigenvalue weighted by Gasteiger charge is -2.27. The lowest BCUT2D eigenvalue weighted by molar-refractivity contribution is -0.139. The molecule has 0 radical (unpaired) electrons. The van der Waals surface area contributed by atoms with Crippen molar-refractivity contribution in [2.75, 3.05) is 11.1 Å². The molecule has 1 rings (SSSR count). The summed E-state index contributed by atoms with van der Waals surface area (Å²) in [6, 6.07) is 1.53. The van der Waals surface area contributed by atoms with Gasteiger partial charge in [0, 0.05) is 16.5 Å². The van der Waals surface area contributed by atoms with Gasteiger partial charge in [0.05, 0.1) is 5.75 Å². The van der Waals surface area contributed by atoms with Crippen LogP contribution in [0.1, 0.15) is 13.8 Å². The Balaban J connectivity index is 2.60. The quantitative estimate of drug-likeness (QED) is 0.744. The number of hydrogen-bond acceptors (Lipinski definition) is 4. The number of carbonyl (C=O) groups excluding carboxylic acids is 1. The predicted molar refractivity (Wildman–Crippen MR) is 77.1 cm³/mol. The van der Waals surface area contributed by atoms with Gasteiger partial charge in [0.2, 0.25) is 5.91 Å². The molecule has 0 aliphatic carbocycles. The van der Waals surface area contributed by atoms with E-state index in [2.05, 4.69) is 5.32 Å². The Hall–Kier alpha value is -1.67. The summed E-state index contributed by atoms with van der Waals surface area (Å²) in [7, 11) is 0. The normalized spacial score (nSPS) is 12.8. The predicted octanol–water partition coefficient (Wildman–Crippen LogP) is 1.83. The molecule has 0 heterocycles. The average molecular weight is 318 g/mol. The molecular weight excluding hydrogens is 302 g/mol. The maximum absolute atomic E-state index is 13.0. The van der Waals surface area contributed by atoms with Gasteiger partial charge in [0.15, 0.2) is 0 Å². The molecule has 0 saturated heterocycles. The molecule has 1 aromatic carbocycles. The van der Waals surface area contributed by atoms with E-state index in [1.54, 1.807) is 13.8 Å². The molecule has 0 saturated carbocycles. The van der Waals surface area contributed by atoms with E-state index in [-0.39, 0.29) is 11.4 Å². The number of nitrogens with one attached hydrogen (secondary N) is 1. The molecule has 4 N–H and O–H groups in total. The largest absolute Gasteiger partial charge is 0.480 e. The highest BCUT2D eigenvalue weighted by atomic mass is 32.2. The van der Waals surface area contributed by atoms with E-state index >= 15 is 0 Å². The van der Waals surface area contributed by atoms with Gasteiger partial charge in [-0.25, -0.2) is 8.78 Å². The molecule has 1 amide bonds. The van der Waals surface area contributed by atoms with Crippen LogP contribution in [0.5, 0.6) is 0 Å². The second kappa shape index (κ2) is 6.86. The van der Waals surface area contributed by atoms with Crippen LogP contribution < -0.4 is 11.1 Å². The van der Waals surface area contributed by atoms with Crippen LogP contribution in [0.2, 0.25) is 0 Å². The third-order valence-corrected chi connectivity index (χ3v) is 4.14. The summed E-state index contributed by atoms with van der Waals surface area (Å²) >= 11 is 1.05. The second-order valence-electron chi connectivity index (χ2n) is 4.91. The summed E-state index contributed by atoms with van der Waals surface area (Å²) < 4.78 is 25.1. The smallest absolute Gasteiger partial charge is 0.321 e. The van der Waals surface area contributed by atoms with Crippen molar-refractivity contribution in [3.63, 3.8) is 0 Å². The maximum atomic E-state index is 13.0. The summed E-state index contributed by atoms with van der Waals surface area (Å²) in [5.74, 6) is -3.36. The number of aliphatic carboxylic acids is 1. The van der Waals surface area contributed by atoms with E-state index in [1.165, 1.54) is 0 Å². The fourth-order valence-electron chi connectivity index (χ4n) is 1.46. The third-order valence-electron chi connectivity index (χ3n) is 2.74. The van der Waals surface area contributed by atoms with Crippen molar-refractivity contribution in [1.29, 1.82) is 0 Å². The number of carboxylic acids is 1. The summed E-state index contributed by atoms with van der Waals surface area (Å²) in [5, 5.41) is 11.2. The third kappa shape index (κ3) is 5.31. The molecule has 0 aliphatic rings. The van der Waals surface area contributed by atoms with Gasteiger partial charge < -0.3 is 16.2 Å². The number of carboxylic acid groups (broad SMARTS) is 1. The molecule has 0 bridgehead atoms. The maximum Gasteiger partial charge on any atom is 0.321 e. The van der Waals surface area contributed by atoms with Crippen LogP contribution >= 0.6 is 11.8 Å². The second-order valence-corrected chi connectivity index (χ2v) is 6.54. The number of carbonyl (C=O) groups is 2. The number of thioether (sulfide) groups is 1. The standard InChI is InChI=1S/C13H16F2N2O3S/c1-13(2,11(16)12(19)20)21-6-10(18)17-9-4-7(14)3-8(15)5-9/h3-5,11H,6,16H2,1-2H3,(H,17,18)(H,19,20)/t11-/m0/s1. The first-order chi connectivity index (χ1) is 9.61. The number of nitrogens with two attached hydrogens (primary N) is 1. The summed E-state index contributed by atoms with van der Waals surface area (Å²) in [4.78, 5) is 22.5. The Morgan fingerprint density at radius 3 is 2.33 bits per heavy atom. The fourth-order valence-corrected chi connectivity index (χ4v) is 2.32. The van der Waals surface area contributed by atoms with E-state index in [0.717, 1.165) is 23.9 Å². The Morgan fingerprint density at radius 1 is 1.33 bits per heavy atom. The van der Waals surface area contributed by atoms with Crippen molar-refractivity contribution in [2.45, 2.75) is 24.6 Å². The minimum absolute atomic E-state index is 0.00145. The number of anilines is 1. The van der Waals surface area contributed by atoms with Crippen molar-refractivity contribution in [3.05, 3.63) is 29.8 Å². The van der Waals surface area contributed by atoms with Gasteiger partial charge in [-0.1, -0.05) is 0 Å². The molecule has 0 spiro atoms. The van der Waals surface area contributed by atoms with Gasteiger partial charge in [-0.15, -0.1) is 11.8 Å². The van der Waals surface area contributed by atoms with Gasteiger partial charge in [-0.3, -0.25) is 9.59 Å². The van der Waals surface area contributed by atoms with Crippen molar-refractivity contribution in [2.24, 2.45) is 5.73 Å². The number of benzene rings is 1. The number of halogens is 2. The van der Waals surface area contributed by atoms with Crippen molar-refractivity contribution in [1.82, 2.24) is 0 Å². The number of hydrogen-bond donors (Lipinski definition) is 3. The van der Waals surface area contributed by atoms with Crippen LogP contribution in [-0.2, 0) is 9.59 Å². The SMILES string of the molecule is CC(C)(SCC(=O)Nc1cc(F)cc(F)c1)[C@@H](N)C(=O)O. The Labute approximate surface area is 124 Å². The number of rotatable bonds is 6. The molecule has 0 aromatic heterocycles. The molecule has 1 aromatic rings. The minimum Gasteiger partial charge on any atom is -0.480 e. The van der Waals surface area contributed by atoms with Crippen LogP contribution in [0, 0.1) is 11.6 Å². The molecule has 21 heavy (non-hydrogen) atoms. The van der Waals surface area contributed by atoms with Gasteiger partial charge in [-0.05, 0) is 26.0 Å². The lowest BCUT2D eigenvalue weighted by atomic mass is 10.1. The Bertz CT molecular complexity index is 532. The Kier molecular flexibility index (Phi) is 5.68. The van der Waals surface area contributed by atoms with Crippen molar-refractivity contribution >= 4 is 29.3 Å². The molecular formula is C13H16F2N2O3S. The van der Waals surface area contributed by atoms with Gasteiger partial charge >= 0.3 is 5.97 Å². The first-order valence-corrected chi connectivity index (χ1v) is 6.98. The molecule has 0 unspecified atom stereocenters. The minimum atomic E-state index is -1.17. The van der Waals surface area contributed by atoms with Crippen LogP contribution in [0.3, 0.4) is 0 Å². The van der Waals surface area contributed by atoms with E-state index in [0.29, 0.717) is 6.07 Å². The summed E-state index contributed by atoms with van der Waals surface area (Å²) in [6.45, 7) is 3.21. The summed E-state index contributed by atoms with van der Waals surface area (Å²) in [6.07, 6.45) is 0. The zero-order valence-electron chi connectivity index (χ0n) is 11.5. The number of amides is 1. The van der Waals surface area contributed by atoms with Crippen LogP contribution in [0.25, 0.3) is 0 Å².